The summed E-state index contributed by atoms with van der Waals surface area (Å²) in [4.78, 5) is 0. The molecule has 0 bridgehead atoms. The summed E-state index contributed by atoms with van der Waals surface area (Å²) in [7, 11) is 4.62. The Balaban J connectivity index is 4.01. The van der Waals surface area contributed by atoms with Gasteiger partial charge in [-0.15, -0.1) is 0 Å². The maximum absolute atomic E-state index is 4.82. The molecule has 0 aliphatic rings. The Hall–Kier alpha value is -0.860. The van der Waals surface area contributed by atoms with Gasteiger partial charge in [0.1, 0.15) is 0 Å². The van der Waals surface area contributed by atoms with Crippen LogP contribution < -0.4 is 0 Å². The first-order valence-corrected chi connectivity index (χ1v) is 2.59. The SMILES string of the molecule is COC(C)=C(OC)OC. The molecule has 0 aromatic carbocycles. The molecule has 0 aromatic rings. The Morgan fingerprint density at radius 2 is 1.33 bits per heavy atom. The molecule has 3 heteroatoms. The zero-order valence-electron chi connectivity index (χ0n) is 6.22. The molecule has 0 heterocycles. The Bertz CT molecular complexity index is 101. The van der Waals surface area contributed by atoms with Crippen molar-refractivity contribution in [2.45, 2.75) is 6.92 Å². The number of hydrogen-bond donors (Lipinski definition) is 0. The predicted molar refractivity (Wildman–Crippen MR) is 33.7 cm³/mol. The minimum absolute atomic E-state index is 0.414. The van der Waals surface area contributed by atoms with Gasteiger partial charge in [-0.3, -0.25) is 0 Å². The highest BCUT2D eigenvalue weighted by molar-refractivity contribution is 4.89. The van der Waals surface area contributed by atoms with E-state index in [1.54, 1.807) is 14.0 Å². The second-order valence-corrected chi connectivity index (χ2v) is 1.46. The third-order valence-corrected chi connectivity index (χ3v) is 0.964. The van der Waals surface area contributed by atoms with Crippen molar-refractivity contribution in [3.63, 3.8) is 0 Å². The van der Waals surface area contributed by atoms with E-state index in [9.17, 15) is 0 Å². The van der Waals surface area contributed by atoms with Crippen LogP contribution in [0, 0.1) is 0 Å². The van der Waals surface area contributed by atoms with Gasteiger partial charge in [0.2, 0.25) is 0 Å². The number of ether oxygens (including phenoxy) is 3. The zero-order valence-corrected chi connectivity index (χ0v) is 6.22. The molecule has 54 valence electrons. The van der Waals surface area contributed by atoms with Crippen molar-refractivity contribution in [3.8, 4) is 0 Å². The smallest absolute Gasteiger partial charge is 0.318 e. The molecule has 0 fully saturated rings. The molecule has 0 amide bonds. The lowest BCUT2D eigenvalue weighted by atomic mass is 10.6. The second-order valence-electron chi connectivity index (χ2n) is 1.46. The van der Waals surface area contributed by atoms with Gasteiger partial charge in [0.05, 0.1) is 21.3 Å². The van der Waals surface area contributed by atoms with E-state index < -0.39 is 0 Å². The van der Waals surface area contributed by atoms with Crippen molar-refractivity contribution >= 4 is 0 Å². The highest BCUT2D eigenvalue weighted by atomic mass is 16.7. The molecule has 3 nitrogen and oxygen atoms in total. The van der Waals surface area contributed by atoms with Gasteiger partial charge in [0.25, 0.3) is 0 Å². The Morgan fingerprint density at radius 3 is 1.44 bits per heavy atom. The molecule has 0 radical (unpaired) electrons. The topological polar surface area (TPSA) is 27.7 Å². The zero-order chi connectivity index (χ0) is 7.28. The Morgan fingerprint density at radius 1 is 0.889 bits per heavy atom. The third kappa shape index (κ3) is 2.26. The minimum atomic E-state index is 0.414. The molecule has 9 heavy (non-hydrogen) atoms. The van der Waals surface area contributed by atoms with Gasteiger partial charge >= 0.3 is 5.95 Å². The molecule has 0 unspecified atom stereocenters. The molecule has 0 saturated heterocycles. The summed E-state index contributed by atoms with van der Waals surface area (Å²) in [5.41, 5.74) is 0. The fourth-order valence-corrected chi connectivity index (χ4v) is 0.454. The van der Waals surface area contributed by atoms with Gasteiger partial charge in [-0.05, 0) is 0 Å². The summed E-state index contributed by atoms with van der Waals surface area (Å²) in [5, 5.41) is 0. The predicted octanol–water partition coefficient (Wildman–Crippen LogP) is 1.11. The van der Waals surface area contributed by atoms with Crippen LogP contribution in [0.25, 0.3) is 0 Å². The van der Waals surface area contributed by atoms with E-state index in [1.807, 2.05) is 0 Å². The summed E-state index contributed by atoms with van der Waals surface area (Å²) in [6.45, 7) is 1.77. The van der Waals surface area contributed by atoms with Crippen LogP contribution in [0.5, 0.6) is 0 Å². The fraction of sp³-hybridized carbons (Fsp3) is 0.667. The van der Waals surface area contributed by atoms with Gasteiger partial charge in [0, 0.05) is 6.92 Å². The third-order valence-electron chi connectivity index (χ3n) is 0.964. The summed E-state index contributed by atoms with van der Waals surface area (Å²) in [6, 6.07) is 0. The van der Waals surface area contributed by atoms with Crippen molar-refractivity contribution in [1.29, 1.82) is 0 Å². The van der Waals surface area contributed by atoms with Crippen LogP contribution in [0.15, 0.2) is 11.7 Å². The molecule has 0 aliphatic heterocycles. The summed E-state index contributed by atoms with van der Waals surface area (Å²) in [6.07, 6.45) is 0. The summed E-state index contributed by atoms with van der Waals surface area (Å²) >= 11 is 0. The first-order chi connectivity index (χ1) is 4.26. The van der Waals surface area contributed by atoms with Crippen LogP contribution in [0.4, 0.5) is 0 Å². The lowest BCUT2D eigenvalue weighted by molar-refractivity contribution is 0.0694. The molecule has 0 rings (SSSR count). The lowest BCUT2D eigenvalue weighted by Gasteiger charge is -2.06. The lowest BCUT2D eigenvalue weighted by Crippen LogP contribution is -1.95. The average molecular weight is 132 g/mol. The highest BCUT2D eigenvalue weighted by Gasteiger charge is 1.99. The quantitative estimate of drug-likeness (QED) is 0.538. The van der Waals surface area contributed by atoms with Gasteiger partial charge < -0.3 is 14.2 Å². The first kappa shape index (κ1) is 8.14. The minimum Gasteiger partial charge on any atom is -0.494 e. The number of rotatable bonds is 3. The van der Waals surface area contributed by atoms with E-state index in [2.05, 4.69) is 0 Å². The summed E-state index contributed by atoms with van der Waals surface area (Å²) < 4.78 is 14.4. The van der Waals surface area contributed by atoms with Crippen LogP contribution in [0.2, 0.25) is 0 Å². The van der Waals surface area contributed by atoms with Crippen molar-refractivity contribution in [2.75, 3.05) is 21.3 Å². The van der Waals surface area contributed by atoms with E-state index in [0.29, 0.717) is 11.7 Å². The van der Waals surface area contributed by atoms with Crippen LogP contribution in [-0.2, 0) is 14.2 Å². The Labute approximate surface area is 55.2 Å². The monoisotopic (exact) mass is 132 g/mol. The van der Waals surface area contributed by atoms with Crippen molar-refractivity contribution in [1.82, 2.24) is 0 Å². The maximum Gasteiger partial charge on any atom is 0.318 e. The number of methoxy groups -OCH3 is 3. The molecule has 0 saturated carbocycles. The van der Waals surface area contributed by atoms with Gasteiger partial charge in [-0.25, -0.2) is 0 Å². The Kier molecular flexibility index (Phi) is 3.67. The summed E-state index contributed by atoms with van der Waals surface area (Å²) in [5.74, 6) is 1.05. The maximum atomic E-state index is 4.82. The van der Waals surface area contributed by atoms with Crippen molar-refractivity contribution in [2.24, 2.45) is 0 Å². The van der Waals surface area contributed by atoms with E-state index in [0.717, 1.165) is 0 Å². The van der Waals surface area contributed by atoms with Crippen LogP contribution in [-0.4, -0.2) is 21.3 Å². The molecule has 0 N–H and O–H groups in total. The van der Waals surface area contributed by atoms with E-state index in [1.165, 1.54) is 14.2 Å². The van der Waals surface area contributed by atoms with Crippen LogP contribution >= 0.6 is 0 Å². The fourth-order valence-electron chi connectivity index (χ4n) is 0.454. The van der Waals surface area contributed by atoms with Gasteiger partial charge in [-0.2, -0.15) is 0 Å². The van der Waals surface area contributed by atoms with Gasteiger partial charge in [0.15, 0.2) is 5.76 Å². The highest BCUT2D eigenvalue weighted by Crippen LogP contribution is 2.04. The van der Waals surface area contributed by atoms with E-state index >= 15 is 0 Å². The van der Waals surface area contributed by atoms with Gasteiger partial charge in [-0.1, -0.05) is 0 Å². The second kappa shape index (κ2) is 4.06. The number of hydrogen-bond acceptors (Lipinski definition) is 3. The van der Waals surface area contributed by atoms with Crippen molar-refractivity contribution in [3.05, 3.63) is 11.7 Å². The normalized spacial score (nSPS) is 8.00. The van der Waals surface area contributed by atoms with E-state index in [4.69, 9.17) is 14.2 Å². The van der Waals surface area contributed by atoms with Crippen molar-refractivity contribution < 1.29 is 14.2 Å². The molecule has 0 aromatic heterocycles. The number of allylic oxidation sites excluding steroid dienone is 1. The molecular weight excluding hydrogens is 120 g/mol. The van der Waals surface area contributed by atoms with E-state index in [-0.39, 0.29) is 0 Å². The first-order valence-electron chi connectivity index (χ1n) is 2.59. The van der Waals surface area contributed by atoms with Crippen LogP contribution in [0.1, 0.15) is 6.92 Å². The van der Waals surface area contributed by atoms with Crippen LogP contribution in [0.3, 0.4) is 0 Å². The average Bonchev–Trinajstić information content (AvgIpc) is 1.90. The molecule has 0 atom stereocenters. The molecule has 0 aliphatic carbocycles. The largest absolute Gasteiger partial charge is 0.494 e. The molecular formula is C6H12O3. The standard InChI is InChI=1S/C6H12O3/c1-5(7-2)6(8-3)9-4/h1-4H3. The molecule has 0 spiro atoms.